The number of amides is 1. The summed E-state index contributed by atoms with van der Waals surface area (Å²) in [5.41, 5.74) is -0.822. The molecular weight excluding hydrogens is 484 g/mol. The lowest BCUT2D eigenvalue weighted by Crippen LogP contribution is -2.29. The fourth-order valence-electron chi connectivity index (χ4n) is 2.95. The van der Waals surface area contributed by atoms with Crippen molar-refractivity contribution in [3.8, 4) is 0 Å². The number of nitrogens with zero attached hydrogens (tertiary/aromatic N) is 1. The van der Waals surface area contributed by atoms with Crippen molar-refractivity contribution in [1.82, 2.24) is 0 Å². The average molecular weight is 501 g/mol. The summed E-state index contributed by atoms with van der Waals surface area (Å²) >= 11 is 5.90. The van der Waals surface area contributed by atoms with E-state index in [9.17, 15) is 30.8 Å². The average Bonchev–Trinajstić information content (AvgIpc) is 2.73. The number of hydrogen-bond acceptors (Lipinski definition) is 3. The molecule has 1 N–H and O–H groups in total. The maximum absolute atomic E-state index is 14.0. The number of hydrogen-bond donors (Lipinski definition) is 1. The van der Waals surface area contributed by atoms with Crippen molar-refractivity contribution in [2.45, 2.75) is 12.7 Å². The summed E-state index contributed by atoms with van der Waals surface area (Å²) < 4.78 is 78.3. The normalized spacial score (nSPS) is 11.8. The topological polar surface area (TPSA) is 66.5 Å². The molecule has 0 aliphatic rings. The van der Waals surface area contributed by atoms with Crippen LogP contribution < -0.4 is 9.62 Å². The molecule has 5 nitrogen and oxygen atoms in total. The minimum atomic E-state index is -4.61. The van der Waals surface area contributed by atoms with Crippen LogP contribution in [0.3, 0.4) is 0 Å². The van der Waals surface area contributed by atoms with Gasteiger partial charge in [-0.05, 0) is 48.5 Å². The lowest BCUT2D eigenvalue weighted by Gasteiger charge is -2.23. The summed E-state index contributed by atoms with van der Waals surface area (Å²) in [6.45, 7) is -0.267. The van der Waals surface area contributed by atoms with Gasteiger partial charge in [0.05, 0.1) is 34.8 Å². The van der Waals surface area contributed by atoms with Crippen molar-refractivity contribution in [3.63, 3.8) is 0 Å². The van der Waals surface area contributed by atoms with Crippen molar-refractivity contribution in [2.75, 3.05) is 15.9 Å². The highest BCUT2D eigenvalue weighted by molar-refractivity contribution is 7.92. The molecule has 0 radical (unpaired) electrons. The van der Waals surface area contributed by atoms with Crippen molar-refractivity contribution < 1.29 is 30.8 Å². The van der Waals surface area contributed by atoms with E-state index in [2.05, 4.69) is 5.32 Å². The van der Waals surface area contributed by atoms with Crippen molar-refractivity contribution in [3.05, 3.63) is 94.3 Å². The van der Waals surface area contributed by atoms with Gasteiger partial charge in [-0.25, -0.2) is 12.8 Å². The molecule has 0 saturated carbocycles. The first-order chi connectivity index (χ1) is 15.4. The Bertz CT molecular complexity index is 1280. The Morgan fingerprint density at radius 2 is 1.67 bits per heavy atom. The van der Waals surface area contributed by atoms with Gasteiger partial charge in [0, 0.05) is 11.1 Å². The molecule has 3 aromatic carbocycles. The smallest absolute Gasteiger partial charge is 0.321 e. The van der Waals surface area contributed by atoms with Gasteiger partial charge >= 0.3 is 6.18 Å². The zero-order valence-corrected chi connectivity index (χ0v) is 18.6. The summed E-state index contributed by atoms with van der Waals surface area (Å²) in [7, 11) is -3.80. The Morgan fingerprint density at radius 1 is 1.03 bits per heavy atom. The van der Waals surface area contributed by atoms with Gasteiger partial charge in [-0.1, -0.05) is 29.8 Å². The van der Waals surface area contributed by atoms with Crippen LogP contribution in [-0.2, 0) is 22.7 Å². The van der Waals surface area contributed by atoms with Crippen molar-refractivity contribution >= 4 is 38.9 Å². The first-order valence-corrected chi connectivity index (χ1v) is 11.6. The number of rotatable bonds is 6. The molecule has 0 atom stereocenters. The lowest BCUT2D eigenvalue weighted by atomic mass is 10.1. The molecule has 3 aromatic rings. The largest absolute Gasteiger partial charge is 0.416 e. The fraction of sp³-hybridized carbons (Fsp3) is 0.136. The van der Waals surface area contributed by atoms with Gasteiger partial charge < -0.3 is 5.32 Å². The zero-order valence-electron chi connectivity index (χ0n) is 17.0. The van der Waals surface area contributed by atoms with Gasteiger partial charge in [0.1, 0.15) is 5.82 Å². The first kappa shape index (κ1) is 24.5. The van der Waals surface area contributed by atoms with E-state index < -0.39 is 33.5 Å². The molecule has 11 heteroatoms. The highest BCUT2D eigenvalue weighted by atomic mass is 35.5. The third-order valence-electron chi connectivity index (χ3n) is 4.63. The number of alkyl halides is 3. The standard InChI is InChI=1S/C22H17ClF4N2O3S/c1-33(31,32)29(13-15-4-2-3-5-19(15)24)17-9-6-14(7-10-17)21(30)28-20-12-16(22(25,26)27)8-11-18(20)23/h2-12H,13H2,1H3,(H,28,30). The highest BCUT2D eigenvalue weighted by Gasteiger charge is 2.31. The Labute approximate surface area is 192 Å². The van der Waals surface area contributed by atoms with Crippen molar-refractivity contribution in [2.24, 2.45) is 0 Å². The summed E-state index contributed by atoms with van der Waals surface area (Å²) in [5.74, 6) is -1.32. The molecule has 0 saturated heterocycles. The van der Waals surface area contributed by atoms with Crippen LogP contribution in [0.5, 0.6) is 0 Å². The van der Waals surface area contributed by atoms with Crippen LogP contribution in [0.1, 0.15) is 21.5 Å². The molecule has 174 valence electrons. The van der Waals surface area contributed by atoms with E-state index in [1.165, 1.54) is 42.5 Å². The Hall–Kier alpha value is -3.11. The van der Waals surface area contributed by atoms with Crippen LogP contribution in [0.15, 0.2) is 66.7 Å². The van der Waals surface area contributed by atoms with Crippen molar-refractivity contribution in [1.29, 1.82) is 0 Å². The van der Waals surface area contributed by atoms with E-state index in [1.807, 2.05) is 0 Å². The number of anilines is 2. The maximum atomic E-state index is 14.0. The van der Waals surface area contributed by atoms with Crippen LogP contribution in [0, 0.1) is 5.82 Å². The van der Waals surface area contributed by atoms with Crippen LogP contribution in [0.2, 0.25) is 5.02 Å². The summed E-state index contributed by atoms with van der Waals surface area (Å²) in [6.07, 6.45) is -3.65. The molecular formula is C22H17ClF4N2O3S. The highest BCUT2D eigenvalue weighted by Crippen LogP contribution is 2.34. The van der Waals surface area contributed by atoms with Crippen LogP contribution in [0.25, 0.3) is 0 Å². The summed E-state index contributed by atoms with van der Waals surface area (Å²) in [5, 5.41) is 2.23. The van der Waals surface area contributed by atoms with Gasteiger partial charge in [0.15, 0.2) is 0 Å². The van der Waals surface area contributed by atoms with Gasteiger partial charge in [-0.3, -0.25) is 9.10 Å². The predicted octanol–water partition coefficient (Wildman–Crippen LogP) is 5.72. The quantitative estimate of drug-likeness (QED) is 0.440. The third-order valence-corrected chi connectivity index (χ3v) is 6.10. The molecule has 3 rings (SSSR count). The van der Waals surface area contributed by atoms with E-state index >= 15 is 0 Å². The van der Waals surface area contributed by atoms with E-state index in [-0.39, 0.29) is 34.1 Å². The molecule has 0 aliphatic heterocycles. The molecule has 0 aliphatic carbocycles. The predicted molar refractivity (Wildman–Crippen MR) is 118 cm³/mol. The van der Waals surface area contributed by atoms with Gasteiger partial charge in [-0.15, -0.1) is 0 Å². The Kier molecular flexibility index (Phi) is 6.99. The van der Waals surface area contributed by atoms with Crippen LogP contribution >= 0.6 is 11.6 Å². The molecule has 33 heavy (non-hydrogen) atoms. The minimum Gasteiger partial charge on any atom is -0.321 e. The fourth-order valence-corrected chi connectivity index (χ4v) is 4.00. The number of halogens is 5. The molecule has 0 fully saturated rings. The second-order valence-corrected chi connectivity index (χ2v) is 9.37. The molecule has 0 bridgehead atoms. The summed E-state index contributed by atoms with van der Waals surface area (Å²) in [6, 6.07) is 13.5. The number of sulfonamides is 1. The third kappa shape index (κ3) is 6.02. The molecule has 0 aromatic heterocycles. The Morgan fingerprint density at radius 3 is 2.24 bits per heavy atom. The van der Waals surface area contributed by atoms with Crippen LogP contribution in [-0.4, -0.2) is 20.6 Å². The lowest BCUT2D eigenvalue weighted by molar-refractivity contribution is -0.137. The van der Waals surface area contributed by atoms with Gasteiger partial charge in [-0.2, -0.15) is 13.2 Å². The first-order valence-electron chi connectivity index (χ1n) is 9.35. The Balaban J connectivity index is 1.84. The van der Waals surface area contributed by atoms with Gasteiger partial charge in [0.25, 0.3) is 5.91 Å². The molecule has 0 unspecified atom stereocenters. The van der Waals surface area contributed by atoms with E-state index in [4.69, 9.17) is 11.6 Å². The molecule has 0 heterocycles. The van der Waals surface area contributed by atoms with E-state index in [0.717, 1.165) is 22.7 Å². The number of benzene rings is 3. The number of carbonyl (C=O) groups is 1. The van der Waals surface area contributed by atoms with Gasteiger partial charge in [0.2, 0.25) is 10.0 Å². The molecule has 0 spiro atoms. The maximum Gasteiger partial charge on any atom is 0.416 e. The summed E-state index contributed by atoms with van der Waals surface area (Å²) in [4.78, 5) is 12.5. The van der Waals surface area contributed by atoms with Crippen LogP contribution in [0.4, 0.5) is 28.9 Å². The number of nitrogens with one attached hydrogen (secondary N) is 1. The minimum absolute atomic E-state index is 0.0478. The second kappa shape index (κ2) is 9.40. The molecule has 1 amide bonds. The van der Waals surface area contributed by atoms with E-state index in [0.29, 0.717) is 6.07 Å². The second-order valence-electron chi connectivity index (χ2n) is 7.05. The monoisotopic (exact) mass is 500 g/mol. The number of carbonyl (C=O) groups excluding carboxylic acids is 1. The van der Waals surface area contributed by atoms with E-state index in [1.54, 1.807) is 6.07 Å². The zero-order chi connectivity index (χ0) is 24.4. The SMILES string of the molecule is CS(=O)(=O)N(Cc1ccccc1F)c1ccc(C(=O)Nc2cc(C(F)(F)F)ccc2Cl)cc1.